The topological polar surface area (TPSA) is 68.9 Å². The van der Waals surface area contributed by atoms with Crippen molar-refractivity contribution in [1.82, 2.24) is 0 Å². The highest BCUT2D eigenvalue weighted by Gasteiger charge is 2.21. The first kappa shape index (κ1) is 14.0. The Morgan fingerprint density at radius 3 is 2.68 bits per heavy atom. The van der Waals surface area contributed by atoms with Gasteiger partial charge in [0.25, 0.3) is 5.76 Å². The lowest BCUT2D eigenvalue weighted by Crippen LogP contribution is -1.98. The highest BCUT2D eigenvalue weighted by atomic mass is 16.5. The van der Waals surface area contributed by atoms with Crippen LogP contribution in [0.3, 0.4) is 0 Å². The second-order valence-electron chi connectivity index (χ2n) is 4.70. The molecule has 3 rings (SSSR count). The van der Waals surface area contributed by atoms with Crippen LogP contribution in [0.2, 0.25) is 0 Å². The van der Waals surface area contributed by atoms with Crippen molar-refractivity contribution in [3.8, 4) is 11.5 Å². The summed E-state index contributed by atoms with van der Waals surface area (Å²) >= 11 is 0. The summed E-state index contributed by atoms with van der Waals surface area (Å²) in [5.41, 5.74) is 1.43. The Hall–Kier alpha value is -2.95. The maximum Gasteiger partial charge on any atom is 0.377 e. The Labute approximate surface area is 126 Å². The van der Waals surface area contributed by atoms with Gasteiger partial charge in [-0.15, -0.1) is 0 Å². The number of carbonyl (C=O) groups is 1. The second kappa shape index (κ2) is 5.81. The zero-order chi connectivity index (χ0) is 15.5. The van der Waals surface area contributed by atoms with Crippen LogP contribution < -0.4 is 4.74 Å². The molecule has 112 valence electrons. The average molecular weight is 298 g/mol. The van der Waals surface area contributed by atoms with E-state index in [1.54, 1.807) is 18.2 Å². The molecule has 0 radical (unpaired) electrons. The quantitative estimate of drug-likeness (QED) is 0.746. The highest BCUT2D eigenvalue weighted by Crippen LogP contribution is 2.34. The number of ether oxygens (including phenoxy) is 2. The standard InChI is InChI=1S/C17H14O5/c1-20-17(19)16-15(18)13-9-12(7-8-14(13)22-16)21-10-11-5-3-2-4-6-11/h2-9,18H,10H2,1H3. The lowest BCUT2D eigenvalue weighted by atomic mass is 10.2. The van der Waals surface area contributed by atoms with E-state index in [9.17, 15) is 9.90 Å². The van der Waals surface area contributed by atoms with Gasteiger partial charge in [0, 0.05) is 0 Å². The number of carbonyl (C=O) groups excluding carboxylic acids is 1. The molecule has 0 bridgehead atoms. The maximum atomic E-state index is 11.5. The fraction of sp³-hybridized carbons (Fsp3) is 0.118. The Kier molecular flexibility index (Phi) is 3.70. The zero-order valence-corrected chi connectivity index (χ0v) is 11.9. The van der Waals surface area contributed by atoms with Crippen LogP contribution in [0.1, 0.15) is 16.1 Å². The van der Waals surface area contributed by atoms with Crippen LogP contribution in [0.4, 0.5) is 0 Å². The van der Waals surface area contributed by atoms with Crippen molar-refractivity contribution in [2.24, 2.45) is 0 Å². The molecule has 0 aliphatic heterocycles. The Morgan fingerprint density at radius 1 is 1.18 bits per heavy atom. The van der Waals surface area contributed by atoms with Crippen LogP contribution in [0.25, 0.3) is 11.0 Å². The SMILES string of the molecule is COC(=O)c1oc2ccc(OCc3ccccc3)cc2c1O. The molecule has 0 fully saturated rings. The molecule has 3 aromatic rings. The predicted octanol–water partition coefficient (Wildman–Crippen LogP) is 3.50. The van der Waals surface area contributed by atoms with Crippen LogP contribution in [-0.2, 0) is 11.3 Å². The molecule has 0 saturated carbocycles. The molecule has 0 unspecified atom stereocenters. The molecule has 0 amide bonds. The van der Waals surface area contributed by atoms with Gasteiger partial charge in [-0.2, -0.15) is 0 Å². The fourth-order valence-corrected chi connectivity index (χ4v) is 2.13. The summed E-state index contributed by atoms with van der Waals surface area (Å²) in [6.45, 7) is 0.412. The number of methoxy groups -OCH3 is 1. The van der Waals surface area contributed by atoms with E-state index in [0.717, 1.165) is 5.56 Å². The van der Waals surface area contributed by atoms with Gasteiger partial charge in [0.15, 0.2) is 5.75 Å². The summed E-state index contributed by atoms with van der Waals surface area (Å²) in [5, 5.41) is 10.5. The monoisotopic (exact) mass is 298 g/mol. The maximum absolute atomic E-state index is 11.5. The summed E-state index contributed by atoms with van der Waals surface area (Å²) in [7, 11) is 1.23. The molecule has 0 aliphatic carbocycles. The molecule has 0 saturated heterocycles. The molecule has 5 nitrogen and oxygen atoms in total. The van der Waals surface area contributed by atoms with Gasteiger partial charge in [0.2, 0.25) is 0 Å². The summed E-state index contributed by atoms with van der Waals surface area (Å²) < 4.78 is 15.5. The first-order valence-electron chi connectivity index (χ1n) is 6.69. The normalized spacial score (nSPS) is 10.6. The molecule has 1 N–H and O–H groups in total. The van der Waals surface area contributed by atoms with Gasteiger partial charge in [-0.05, 0) is 23.8 Å². The van der Waals surface area contributed by atoms with E-state index >= 15 is 0 Å². The Morgan fingerprint density at radius 2 is 1.95 bits per heavy atom. The van der Waals surface area contributed by atoms with Crippen LogP contribution in [0, 0.1) is 0 Å². The fourth-order valence-electron chi connectivity index (χ4n) is 2.13. The van der Waals surface area contributed by atoms with E-state index in [-0.39, 0.29) is 11.5 Å². The molecule has 1 aromatic heterocycles. The van der Waals surface area contributed by atoms with Crippen molar-refractivity contribution in [2.45, 2.75) is 6.61 Å². The minimum absolute atomic E-state index is 0.210. The van der Waals surface area contributed by atoms with Gasteiger partial charge in [0.1, 0.15) is 17.9 Å². The van der Waals surface area contributed by atoms with E-state index in [4.69, 9.17) is 9.15 Å². The van der Waals surface area contributed by atoms with Gasteiger partial charge in [-0.25, -0.2) is 4.79 Å². The van der Waals surface area contributed by atoms with Crippen molar-refractivity contribution >= 4 is 16.9 Å². The Balaban J connectivity index is 1.86. The summed E-state index contributed by atoms with van der Waals surface area (Å²) in [5.74, 6) is -0.603. The Bertz CT molecular complexity index is 805. The number of furan rings is 1. The van der Waals surface area contributed by atoms with Gasteiger partial charge < -0.3 is 19.0 Å². The van der Waals surface area contributed by atoms with Gasteiger partial charge >= 0.3 is 5.97 Å². The average Bonchev–Trinajstić information content (AvgIpc) is 2.90. The van der Waals surface area contributed by atoms with Gasteiger partial charge in [-0.1, -0.05) is 30.3 Å². The van der Waals surface area contributed by atoms with E-state index < -0.39 is 5.97 Å². The lowest BCUT2D eigenvalue weighted by molar-refractivity contribution is 0.0563. The number of rotatable bonds is 4. The molecular formula is C17H14O5. The smallest absolute Gasteiger partial charge is 0.377 e. The number of fused-ring (bicyclic) bond motifs is 1. The van der Waals surface area contributed by atoms with Crippen LogP contribution in [-0.4, -0.2) is 18.2 Å². The number of hydrogen-bond acceptors (Lipinski definition) is 5. The predicted molar refractivity (Wildman–Crippen MR) is 80.0 cm³/mol. The molecular weight excluding hydrogens is 284 g/mol. The third-order valence-corrected chi connectivity index (χ3v) is 3.25. The van der Waals surface area contributed by atoms with Crippen molar-refractivity contribution in [3.05, 3.63) is 59.9 Å². The number of hydrogen-bond donors (Lipinski definition) is 1. The van der Waals surface area contributed by atoms with Crippen molar-refractivity contribution in [1.29, 1.82) is 0 Å². The lowest BCUT2D eigenvalue weighted by Gasteiger charge is -2.05. The highest BCUT2D eigenvalue weighted by molar-refractivity contribution is 5.98. The zero-order valence-electron chi connectivity index (χ0n) is 11.9. The molecule has 0 aliphatic rings. The van der Waals surface area contributed by atoms with Crippen molar-refractivity contribution in [2.75, 3.05) is 7.11 Å². The van der Waals surface area contributed by atoms with Crippen molar-refractivity contribution < 1.29 is 23.8 Å². The van der Waals surface area contributed by atoms with E-state index in [1.165, 1.54) is 7.11 Å². The minimum atomic E-state index is -0.722. The van der Waals surface area contributed by atoms with Crippen LogP contribution in [0.5, 0.6) is 11.5 Å². The second-order valence-corrected chi connectivity index (χ2v) is 4.70. The number of esters is 1. The van der Waals surface area contributed by atoms with Gasteiger partial charge in [-0.3, -0.25) is 0 Å². The minimum Gasteiger partial charge on any atom is -0.504 e. The molecule has 22 heavy (non-hydrogen) atoms. The molecule has 0 spiro atoms. The van der Waals surface area contributed by atoms with Crippen LogP contribution >= 0.6 is 0 Å². The number of benzene rings is 2. The van der Waals surface area contributed by atoms with E-state index in [2.05, 4.69) is 4.74 Å². The summed E-state index contributed by atoms with van der Waals surface area (Å²) in [4.78, 5) is 11.5. The van der Waals surface area contributed by atoms with Crippen molar-refractivity contribution in [3.63, 3.8) is 0 Å². The molecule has 0 atom stereocenters. The molecule has 2 aromatic carbocycles. The summed E-state index contributed by atoms with van der Waals surface area (Å²) in [6, 6.07) is 14.7. The largest absolute Gasteiger partial charge is 0.504 e. The first-order chi connectivity index (χ1) is 10.7. The molecule has 5 heteroatoms. The first-order valence-corrected chi connectivity index (χ1v) is 6.69. The molecule has 1 heterocycles. The van der Waals surface area contributed by atoms with E-state index in [0.29, 0.717) is 23.3 Å². The third-order valence-electron chi connectivity index (χ3n) is 3.25. The number of aromatic hydroxyl groups is 1. The third kappa shape index (κ3) is 2.61. The van der Waals surface area contributed by atoms with Gasteiger partial charge in [0.05, 0.1) is 12.5 Å². The van der Waals surface area contributed by atoms with Crippen LogP contribution in [0.15, 0.2) is 52.9 Å². The van der Waals surface area contributed by atoms with E-state index in [1.807, 2.05) is 30.3 Å². The summed E-state index contributed by atoms with van der Waals surface area (Å²) in [6.07, 6.45) is 0.